The molecule has 162 valence electrons. The molecule has 0 spiro atoms. The molecule has 1 amide bonds. The van der Waals surface area contributed by atoms with E-state index in [1.807, 2.05) is 48.5 Å². The van der Waals surface area contributed by atoms with Crippen LogP contribution in [0.3, 0.4) is 0 Å². The zero-order chi connectivity index (χ0) is 23.1. The first-order valence-electron chi connectivity index (χ1n) is 10.6. The molecular formula is C26H17N7O. The molecular weight excluding hydrogens is 426 g/mol. The predicted octanol–water partition coefficient (Wildman–Crippen LogP) is 4.35. The zero-order valence-electron chi connectivity index (χ0n) is 17.8. The van der Waals surface area contributed by atoms with E-state index in [2.05, 4.69) is 15.0 Å². The van der Waals surface area contributed by atoms with Gasteiger partial charge in [-0.2, -0.15) is 0 Å². The maximum atomic E-state index is 11.5. The second-order valence-electron chi connectivity index (χ2n) is 7.71. The Hall–Kier alpha value is -4.98. The number of aromatic amines is 1. The van der Waals surface area contributed by atoms with Crippen LogP contribution in [0.25, 0.3) is 56.6 Å². The number of aromatic nitrogens is 6. The maximum absolute atomic E-state index is 11.5. The highest BCUT2D eigenvalue weighted by atomic mass is 16.1. The standard InChI is InChI=1S/C26H17N7O/c27-24(34)15-8-10-16(11-9-15)25-32-22(19-7-3-4-13-28-19)23(33-25)26-30-18-6-2-1-5-17(18)21-20(31-26)12-14-29-21/h1-14H,(H2,27,34)(H,32,33). The number of hydrogen-bond acceptors (Lipinski definition) is 6. The van der Waals surface area contributed by atoms with Crippen molar-refractivity contribution >= 4 is 16.8 Å². The number of pyridine rings is 1. The van der Waals surface area contributed by atoms with Gasteiger partial charge in [0.2, 0.25) is 5.91 Å². The molecule has 0 radical (unpaired) electrons. The van der Waals surface area contributed by atoms with Gasteiger partial charge in [-0.25, -0.2) is 15.0 Å². The van der Waals surface area contributed by atoms with Gasteiger partial charge in [-0.05, 0) is 36.4 Å². The molecule has 0 fully saturated rings. The maximum Gasteiger partial charge on any atom is 0.248 e. The SMILES string of the molecule is NC(=O)c1ccc(-c2nc(-c3ccccn3)c(-c3nc4ccnc-4c4ccccc4n3)[nH]2)cc1. The van der Waals surface area contributed by atoms with E-state index in [4.69, 9.17) is 20.7 Å². The van der Waals surface area contributed by atoms with Gasteiger partial charge in [-0.3, -0.25) is 14.8 Å². The third-order valence-electron chi connectivity index (χ3n) is 5.57. The Morgan fingerprint density at radius 3 is 2.35 bits per heavy atom. The van der Waals surface area contributed by atoms with E-state index in [0.29, 0.717) is 34.3 Å². The molecule has 0 bridgehead atoms. The van der Waals surface area contributed by atoms with Crippen molar-refractivity contribution in [3.8, 4) is 45.7 Å². The number of fused-ring (bicyclic) bond motifs is 3. The van der Waals surface area contributed by atoms with Crippen molar-refractivity contribution in [2.75, 3.05) is 0 Å². The molecule has 3 N–H and O–H groups in total. The van der Waals surface area contributed by atoms with Crippen molar-refractivity contribution in [3.05, 3.63) is 90.8 Å². The lowest BCUT2D eigenvalue weighted by Crippen LogP contribution is -2.10. The number of benzene rings is 2. The lowest BCUT2D eigenvalue weighted by molar-refractivity contribution is 0.100. The minimum Gasteiger partial charge on any atom is -0.366 e. The van der Waals surface area contributed by atoms with Crippen LogP contribution in [-0.2, 0) is 0 Å². The molecule has 4 heterocycles. The van der Waals surface area contributed by atoms with Gasteiger partial charge in [0, 0.05) is 28.9 Å². The molecule has 2 aromatic heterocycles. The molecule has 0 saturated carbocycles. The van der Waals surface area contributed by atoms with E-state index < -0.39 is 5.91 Å². The lowest BCUT2D eigenvalue weighted by Gasteiger charge is -2.00. The summed E-state index contributed by atoms with van der Waals surface area (Å²) in [5, 5.41) is 0.919. The topological polar surface area (TPSA) is 123 Å². The fourth-order valence-electron chi connectivity index (χ4n) is 3.91. The molecule has 6 rings (SSSR count). The fourth-order valence-corrected chi connectivity index (χ4v) is 3.91. The van der Waals surface area contributed by atoms with Crippen LogP contribution < -0.4 is 5.73 Å². The Morgan fingerprint density at radius 1 is 0.735 bits per heavy atom. The van der Waals surface area contributed by atoms with Crippen molar-refractivity contribution < 1.29 is 4.79 Å². The fraction of sp³-hybridized carbons (Fsp3) is 0. The number of carbonyl (C=O) groups is 1. The van der Waals surface area contributed by atoms with Crippen molar-refractivity contribution in [2.45, 2.75) is 0 Å². The van der Waals surface area contributed by atoms with Gasteiger partial charge < -0.3 is 10.7 Å². The third-order valence-corrected chi connectivity index (χ3v) is 5.57. The quantitative estimate of drug-likeness (QED) is 0.418. The van der Waals surface area contributed by atoms with Crippen LogP contribution in [0.5, 0.6) is 0 Å². The van der Waals surface area contributed by atoms with Gasteiger partial charge in [-0.1, -0.05) is 36.4 Å². The van der Waals surface area contributed by atoms with Crippen LogP contribution in [0.15, 0.2) is 85.2 Å². The first-order valence-corrected chi connectivity index (χ1v) is 10.6. The molecule has 2 aliphatic heterocycles. The number of rotatable bonds is 4. The summed E-state index contributed by atoms with van der Waals surface area (Å²) in [6.45, 7) is 0. The normalized spacial score (nSPS) is 11.2. The zero-order valence-corrected chi connectivity index (χ0v) is 17.8. The average molecular weight is 443 g/mol. The third kappa shape index (κ3) is 3.34. The number of nitrogens with zero attached hydrogens (tertiary/aromatic N) is 5. The summed E-state index contributed by atoms with van der Waals surface area (Å²) in [6, 6.07) is 22.3. The number of imidazole rings is 1. The van der Waals surface area contributed by atoms with Gasteiger partial charge >= 0.3 is 0 Å². The molecule has 34 heavy (non-hydrogen) atoms. The molecule has 8 heteroatoms. The van der Waals surface area contributed by atoms with Crippen LogP contribution in [0.2, 0.25) is 0 Å². The van der Waals surface area contributed by atoms with Gasteiger partial charge in [-0.15, -0.1) is 0 Å². The van der Waals surface area contributed by atoms with Crippen molar-refractivity contribution in [2.24, 2.45) is 5.73 Å². The number of H-pyrrole nitrogens is 1. The number of primary amides is 1. The lowest BCUT2D eigenvalue weighted by atomic mass is 10.1. The molecule has 8 nitrogen and oxygen atoms in total. The minimum atomic E-state index is -0.481. The number of nitrogens with two attached hydrogens (primary N) is 1. The number of amides is 1. The van der Waals surface area contributed by atoms with Crippen molar-refractivity contribution in [1.29, 1.82) is 0 Å². The second kappa shape index (κ2) is 7.86. The molecule has 2 aromatic carbocycles. The molecule has 2 aliphatic rings. The van der Waals surface area contributed by atoms with Crippen LogP contribution in [0.4, 0.5) is 0 Å². The van der Waals surface area contributed by atoms with Crippen molar-refractivity contribution in [1.82, 2.24) is 29.9 Å². The van der Waals surface area contributed by atoms with Crippen LogP contribution in [-0.4, -0.2) is 35.8 Å². The summed E-state index contributed by atoms with van der Waals surface area (Å²) < 4.78 is 0. The highest BCUT2D eigenvalue weighted by Gasteiger charge is 2.20. The van der Waals surface area contributed by atoms with E-state index in [1.165, 1.54) is 0 Å². The first kappa shape index (κ1) is 19.7. The van der Waals surface area contributed by atoms with E-state index in [9.17, 15) is 4.79 Å². The van der Waals surface area contributed by atoms with E-state index in [0.717, 1.165) is 27.9 Å². The largest absolute Gasteiger partial charge is 0.366 e. The summed E-state index contributed by atoms with van der Waals surface area (Å²) in [6.07, 6.45) is 3.46. The first-order chi connectivity index (χ1) is 16.7. The van der Waals surface area contributed by atoms with Crippen LogP contribution in [0.1, 0.15) is 10.4 Å². The van der Waals surface area contributed by atoms with E-state index in [1.54, 1.807) is 36.7 Å². The van der Waals surface area contributed by atoms with Gasteiger partial charge in [0.05, 0.1) is 22.6 Å². The molecule has 4 aromatic rings. The highest BCUT2D eigenvalue weighted by molar-refractivity contribution is 5.94. The number of carbonyl (C=O) groups excluding carboxylic acids is 1. The number of para-hydroxylation sites is 1. The Morgan fingerprint density at radius 2 is 1.56 bits per heavy atom. The smallest absolute Gasteiger partial charge is 0.248 e. The number of nitrogens with one attached hydrogen (secondary N) is 1. The summed E-state index contributed by atoms with van der Waals surface area (Å²) in [7, 11) is 0. The van der Waals surface area contributed by atoms with Crippen LogP contribution >= 0.6 is 0 Å². The predicted molar refractivity (Wildman–Crippen MR) is 129 cm³/mol. The Kier molecular flexibility index (Phi) is 4.55. The van der Waals surface area contributed by atoms with E-state index >= 15 is 0 Å². The van der Waals surface area contributed by atoms with Crippen molar-refractivity contribution in [3.63, 3.8) is 0 Å². The Bertz CT molecular complexity index is 1630. The Labute approximate surface area is 193 Å². The summed E-state index contributed by atoms with van der Waals surface area (Å²) >= 11 is 0. The van der Waals surface area contributed by atoms with E-state index in [-0.39, 0.29) is 0 Å². The second-order valence-corrected chi connectivity index (χ2v) is 7.71. The average Bonchev–Trinajstić information content (AvgIpc) is 3.49. The monoisotopic (exact) mass is 443 g/mol. The van der Waals surface area contributed by atoms with Gasteiger partial charge in [0.25, 0.3) is 0 Å². The van der Waals surface area contributed by atoms with Crippen LogP contribution in [0, 0.1) is 0 Å². The van der Waals surface area contributed by atoms with Gasteiger partial charge in [0.15, 0.2) is 5.82 Å². The molecule has 0 atom stereocenters. The highest BCUT2D eigenvalue weighted by Crippen LogP contribution is 2.33. The number of hydrogen-bond donors (Lipinski definition) is 2. The molecule has 0 saturated heterocycles. The minimum absolute atomic E-state index is 0.427. The summed E-state index contributed by atoms with van der Waals surface area (Å²) in [4.78, 5) is 38.4. The molecule has 0 aliphatic carbocycles. The molecule has 0 unspecified atom stereocenters. The Balaban J connectivity index is 1.60. The summed E-state index contributed by atoms with van der Waals surface area (Å²) in [5.41, 5.74) is 10.8. The summed E-state index contributed by atoms with van der Waals surface area (Å²) in [5.74, 6) is 0.598. The van der Waals surface area contributed by atoms with Gasteiger partial charge in [0.1, 0.15) is 17.2 Å².